The molecule has 34 heavy (non-hydrogen) atoms. The lowest BCUT2D eigenvalue weighted by molar-refractivity contribution is 0.0741. The zero-order valence-electron chi connectivity index (χ0n) is 18.6. The molecule has 6 nitrogen and oxygen atoms in total. The maximum absolute atomic E-state index is 13.0. The number of nitrogens with zero attached hydrogens (tertiary/aromatic N) is 5. The van der Waals surface area contributed by atoms with E-state index in [0.29, 0.717) is 31.9 Å². The molecule has 1 amide bonds. The van der Waals surface area contributed by atoms with Crippen LogP contribution in [0.1, 0.15) is 10.5 Å². The van der Waals surface area contributed by atoms with Crippen LogP contribution in [0.15, 0.2) is 91.0 Å². The zero-order valence-corrected chi connectivity index (χ0v) is 18.6. The van der Waals surface area contributed by atoms with Gasteiger partial charge in [0.25, 0.3) is 5.91 Å². The molecule has 1 aliphatic rings. The Morgan fingerprint density at radius 2 is 1.41 bits per heavy atom. The number of benzene rings is 3. The van der Waals surface area contributed by atoms with E-state index in [1.54, 1.807) is 0 Å². The van der Waals surface area contributed by atoms with Crippen molar-refractivity contribution in [1.29, 1.82) is 0 Å². The molecule has 5 aromatic rings. The fraction of sp³-hybridized carbons (Fsp3) is 0.143. The van der Waals surface area contributed by atoms with Gasteiger partial charge in [-0.3, -0.25) is 4.79 Å². The van der Waals surface area contributed by atoms with Gasteiger partial charge >= 0.3 is 0 Å². The molecule has 1 saturated heterocycles. The summed E-state index contributed by atoms with van der Waals surface area (Å²) in [5, 5.41) is 12.4. The summed E-state index contributed by atoms with van der Waals surface area (Å²) in [6.07, 6.45) is 0. The molecule has 0 N–H and O–H groups in total. The van der Waals surface area contributed by atoms with Crippen molar-refractivity contribution < 1.29 is 4.79 Å². The molecular formula is C28H23N5O. The van der Waals surface area contributed by atoms with Gasteiger partial charge in [-0.2, -0.15) is 0 Å². The second-order valence-corrected chi connectivity index (χ2v) is 8.51. The summed E-state index contributed by atoms with van der Waals surface area (Å²) < 4.78 is 0. The monoisotopic (exact) mass is 445 g/mol. The van der Waals surface area contributed by atoms with Crippen LogP contribution in [-0.2, 0) is 0 Å². The first kappa shape index (κ1) is 20.3. The van der Waals surface area contributed by atoms with Crippen molar-refractivity contribution in [2.75, 3.05) is 31.1 Å². The first-order valence-electron chi connectivity index (χ1n) is 11.5. The topological polar surface area (TPSA) is 62.2 Å². The summed E-state index contributed by atoms with van der Waals surface area (Å²) in [4.78, 5) is 21.6. The van der Waals surface area contributed by atoms with Crippen molar-refractivity contribution in [3.05, 3.63) is 96.7 Å². The Bertz CT molecular complexity index is 1490. The number of piperazine rings is 1. The number of carbonyl (C=O) groups excluding carboxylic acids is 1. The number of aromatic nitrogens is 3. The summed E-state index contributed by atoms with van der Waals surface area (Å²) in [5.41, 5.74) is 3.24. The number of amides is 1. The molecule has 6 rings (SSSR count). The van der Waals surface area contributed by atoms with Crippen LogP contribution in [0.4, 0.5) is 5.82 Å². The van der Waals surface area contributed by atoms with Gasteiger partial charge in [0.1, 0.15) is 5.69 Å². The third kappa shape index (κ3) is 3.83. The highest BCUT2D eigenvalue weighted by Crippen LogP contribution is 2.24. The molecule has 3 heterocycles. The van der Waals surface area contributed by atoms with Crippen LogP contribution < -0.4 is 4.90 Å². The van der Waals surface area contributed by atoms with E-state index in [0.717, 1.165) is 28.0 Å². The van der Waals surface area contributed by atoms with E-state index >= 15 is 0 Å². The van der Waals surface area contributed by atoms with E-state index in [1.165, 1.54) is 10.8 Å². The van der Waals surface area contributed by atoms with Crippen LogP contribution in [0.2, 0.25) is 0 Å². The summed E-state index contributed by atoms with van der Waals surface area (Å²) in [6, 6.07) is 30.3. The molecule has 0 saturated carbocycles. The first-order chi connectivity index (χ1) is 16.7. The summed E-state index contributed by atoms with van der Waals surface area (Å²) in [5.74, 6) is 0.809. The van der Waals surface area contributed by atoms with E-state index in [2.05, 4.69) is 50.4 Å². The summed E-state index contributed by atoms with van der Waals surface area (Å²) >= 11 is 0. The molecule has 0 unspecified atom stereocenters. The molecule has 0 bridgehead atoms. The number of rotatable bonds is 3. The lowest BCUT2D eigenvalue weighted by Gasteiger charge is -2.35. The average Bonchev–Trinajstić information content (AvgIpc) is 2.92. The number of carbonyl (C=O) groups is 1. The van der Waals surface area contributed by atoms with Crippen LogP contribution in [0.3, 0.4) is 0 Å². The highest BCUT2D eigenvalue weighted by Gasteiger charge is 2.24. The minimum Gasteiger partial charge on any atom is -0.352 e. The van der Waals surface area contributed by atoms with Crippen molar-refractivity contribution in [3.8, 4) is 11.3 Å². The highest BCUT2D eigenvalue weighted by molar-refractivity contribution is 5.95. The van der Waals surface area contributed by atoms with E-state index in [1.807, 2.05) is 65.6 Å². The minimum atomic E-state index is -0.0249. The Morgan fingerprint density at radius 3 is 2.21 bits per heavy atom. The van der Waals surface area contributed by atoms with Crippen LogP contribution in [0, 0.1) is 0 Å². The molecular weight excluding hydrogens is 422 g/mol. The second-order valence-electron chi connectivity index (χ2n) is 8.51. The second kappa shape index (κ2) is 8.56. The molecule has 0 aliphatic carbocycles. The van der Waals surface area contributed by atoms with Gasteiger partial charge in [0.05, 0.1) is 11.2 Å². The summed E-state index contributed by atoms with van der Waals surface area (Å²) in [7, 11) is 0. The van der Waals surface area contributed by atoms with Gasteiger partial charge in [-0.25, -0.2) is 4.98 Å². The number of para-hydroxylation sites is 1. The Balaban J connectivity index is 1.13. The van der Waals surface area contributed by atoms with Crippen LogP contribution in [-0.4, -0.2) is 52.2 Å². The molecule has 166 valence electrons. The van der Waals surface area contributed by atoms with E-state index in [9.17, 15) is 4.79 Å². The number of pyridine rings is 1. The average molecular weight is 446 g/mol. The predicted octanol–water partition coefficient (Wildman–Crippen LogP) is 4.81. The van der Waals surface area contributed by atoms with E-state index in [-0.39, 0.29) is 5.91 Å². The van der Waals surface area contributed by atoms with Crippen molar-refractivity contribution >= 4 is 33.4 Å². The largest absolute Gasteiger partial charge is 0.352 e. The first-order valence-corrected chi connectivity index (χ1v) is 11.5. The molecule has 1 fully saturated rings. The quantitative estimate of drug-likeness (QED) is 0.399. The summed E-state index contributed by atoms with van der Waals surface area (Å²) in [6.45, 7) is 2.68. The third-order valence-corrected chi connectivity index (χ3v) is 6.40. The fourth-order valence-electron chi connectivity index (χ4n) is 4.48. The molecule has 2 aromatic heterocycles. The number of anilines is 1. The Morgan fingerprint density at radius 1 is 0.676 bits per heavy atom. The van der Waals surface area contributed by atoms with Crippen molar-refractivity contribution in [2.45, 2.75) is 0 Å². The molecule has 0 radical (unpaired) electrons. The van der Waals surface area contributed by atoms with Gasteiger partial charge in [0, 0.05) is 37.1 Å². The van der Waals surface area contributed by atoms with Crippen LogP contribution in [0.5, 0.6) is 0 Å². The third-order valence-electron chi connectivity index (χ3n) is 6.40. The highest BCUT2D eigenvalue weighted by atomic mass is 16.2. The van der Waals surface area contributed by atoms with Crippen molar-refractivity contribution in [3.63, 3.8) is 0 Å². The van der Waals surface area contributed by atoms with Crippen LogP contribution in [0.25, 0.3) is 32.9 Å². The molecule has 0 spiro atoms. The van der Waals surface area contributed by atoms with Gasteiger partial charge in [-0.1, -0.05) is 60.7 Å². The standard InChI is InChI=1S/C28H23N5O/c34-28(26-12-11-21-6-3-4-8-24(21)29-26)33-17-15-32(16-18-33)27-14-13-25(30-31-27)23-10-9-20-5-1-2-7-22(20)19-23/h1-14,19H,15-18H2. The van der Waals surface area contributed by atoms with E-state index in [4.69, 9.17) is 0 Å². The number of hydrogen-bond acceptors (Lipinski definition) is 5. The van der Waals surface area contributed by atoms with Crippen molar-refractivity contribution in [2.24, 2.45) is 0 Å². The van der Waals surface area contributed by atoms with Gasteiger partial charge in [-0.05, 0) is 41.1 Å². The van der Waals surface area contributed by atoms with Gasteiger partial charge < -0.3 is 9.80 Å². The van der Waals surface area contributed by atoms with Crippen molar-refractivity contribution in [1.82, 2.24) is 20.1 Å². The minimum absolute atomic E-state index is 0.0249. The predicted molar refractivity (Wildman–Crippen MR) is 135 cm³/mol. The maximum atomic E-state index is 13.0. The molecule has 0 atom stereocenters. The van der Waals surface area contributed by atoms with Gasteiger partial charge in [0.2, 0.25) is 0 Å². The fourth-order valence-corrected chi connectivity index (χ4v) is 4.48. The van der Waals surface area contributed by atoms with Gasteiger partial charge in [-0.15, -0.1) is 10.2 Å². The van der Waals surface area contributed by atoms with Crippen LogP contribution >= 0.6 is 0 Å². The molecule has 1 aliphatic heterocycles. The Hall–Kier alpha value is -4.32. The SMILES string of the molecule is O=C(c1ccc2ccccc2n1)N1CCN(c2ccc(-c3ccc4ccccc4c3)nn2)CC1. The maximum Gasteiger partial charge on any atom is 0.272 e. The Labute approximate surface area is 197 Å². The van der Waals surface area contributed by atoms with E-state index < -0.39 is 0 Å². The number of fused-ring (bicyclic) bond motifs is 2. The smallest absolute Gasteiger partial charge is 0.272 e. The molecule has 3 aromatic carbocycles. The lowest BCUT2D eigenvalue weighted by atomic mass is 10.1. The molecule has 6 heteroatoms. The normalized spacial score (nSPS) is 14.0. The Kier molecular flexibility index (Phi) is 5.11. The van der Waals surface area contributed by atoms with Gasteiger partial charge in [0.15, 0.2) is 5.82 Å². The lowest BCUT2D eigenvalue weighted by Crippen LogP contribution is -2.49. The zero-order chi connectivity index (χ0) is 22.9. The number of hydrogen-bond donors (Lipinski definition) is 0.